The fourth-order valence-electron chi connectivity index (χ4n) is 2.93. The predicted octanol–water partition coefficient (Wildman–Crippen LogP) is 2.70. The van der Waals surface area contributed by atoms with Crippen LogP contribution in [0.3, 0.4) is 0 Å². The van der Waals surface area contributed by atoms with Crippen LogP contribution in [-0.2, 0) is 19.6 Å². The Morgan fingerprint density at radius 3 is 2.48 bits per heavy atom. The molecule has 1 N–H and O–H groups in total. The highest BCUT2D eigenvalue weighted by Crippen LogP contribution is 2.29. The van der Waals surface area contributed by atoms with Gasteiger partial charge in [0.15, 0.2) is 6.10 Å². The maximum Gasteiger partial charge on any atom is 0.334 e. The zero-order valence-electron chi connectivity index (χ0n) is 16.9. The number of carboxylic acids is 1. The number of nitrogens with zero attached hydrogens (tertiary/aromatic N) is 1. The quantitative estimate of drug-likeness (QED) is 0.543. The number of rotatable bonds is 5. The van der Waals surface area contributed by atoms with Crippen molar-refractivity contribution >= 4 is 33.2 Å². The average molecular weight is 460 g/mol. The molecule has 0 aromatic heterocycles. The molecular weight excluding hydrogens is 438 g/mol. The number of benzene rings is 2. The van der Waals surface area contributed by atoms with Crippen molar-refractivity contribution in [1.29, 1.82) is 0 Å². The van der Waals surface area contributed by atoms with Crippen LogP contribution in [0.25, 0.3) is 0 Å². The van der Waals surface area contributed by atoms with E-state index in [9.17, 15) is 18.3 Å². The molecule has 0 spiro atoms. The summed E-state index contributed by atoms with van der Waals surface area (Å²) >= 11 is 5.28. The molecule has 1 aliphatic heterocycles. The van der Waals surface area contributed by atoms with Gasteiger partial charge in [0.2, 0.25) is 0 Å². The first-order chi connectivity index (χ1) is 14.6. The third kappa shape index (κ3) is 5.22. The van der Waals surface area contributed by atoms with Gasteiger partial charge in [-0.1, -0.05) is 42.3 Å². The highest BCUT2D eigenvalue weighted by Gasteiger charge is 2.45. The first-order valence-electron chi connectivity index (χ1n) is 9.36. The number of hydrogen-bond donors (Lipinski definition) is 1. The molecule has 1 atom stereocenters. The molecule has 3 rings (SSSR count). The minimum atomic E-state index is -4.06. The van der Waals surface area contributed by atoms with Crippen molar-refractivity contribution in [3.8, 4) is 17.6 Å². The van der Waals surface area contributed by atoms with E-state index in [2.05, 4.69) is 11.8 Å². The van der Waals surface area contributed by atoms with Gasteiger partial charge < -0.3 is 14.6 Å². The largest absolute Gasteiger partial charge is 0.481 e. The van der Waals surface area contributed by atoms with Crippen LogP contribution in [0.5, 0.6) is 5.75 Å². The molecule has 7 nitrogen and oxygen atoms in total. The minimum Gasteiger partial charge on any atom is -0.481 e. The summed E-state index contributed by atoms with van der Waals surface area (Å²) < 4.78 is 38.1. The van der Waals surface area contributed by atoms with Crippen LogP contribution >= 0.6 is 12.2 Å². The Morgan fingerprint density at radius 2 is 1.87 bits per heavy atom. The number of morpholine rings is 1. The molecule has 0 aliphatic carbocycles. The smallest absolute Gasteiger partial charge is 0.334 e. The van der Waals surface area contributed by atoms with Crippen molar-refractivity contribution in [3.63, 3.8) is 0 Å². The van der Waals surface area contributed by atoms with Gasteiger partial charge in [-0.15, -0.1) is 0 Å². The molecule has 1 saturated heterocycles. The Morgan fingerprint density at radius 1 is 1.23 bits per heavy atom. The second-order valence-corrected chi connectivity index (χ2v) is 9.47. The third-order valence-electron chi connectivity index (χ3n) is 4.51. The van der Waals surface area contributed by atoms with Gasteiger partial charge >= 0.3 is 5.97 Å². The summed E-state index contributed by atoms with van der Waals surface area (Å²) in [6.07, 6.45) is -1.32. The van der Waals surface area contributed by atoms with Crippen molar-refractivity contribution in [2.24, 2.45) is 0 Å². The number of sulfonamides is 1. The van der Waals surface area contributed by atoms with Gasteiger partial charge in [0.25, 0.3) is 10.0 Å². The standard InChI is InChI=1S/C22H21NO6S2/c1-22(2)21(30)23(15-19(29-22)20(24)25)31(26,27)18-12-10-17(11-13-18)28-14-6-9-16-7-4-3-5-8-16/h3-5,7-8,10-13,19H,14-15H2,1-2H3,(H,24,25). The summed E-state index contributed by atoms with van der Waals surface area (Å²) in [5, 5.41) is 9.31. The second-order valence-electron chi connectivity index (χ2n) is 7.22. The van der Waals surface area contributed by atoms with Gasteiger partial charge in [0, 0.05) is 5.56 Å². The Bertz CT molecular complexity index is 1130. The summed E-state index contributed by atoms with van der Waals surface area (Å²) in [5.41, 5.74) is -0.346. The minimum absolute atomic E-state index is 0.00140. The summed E-state index contributed by atoms with van der Waals surface area (Å²) in [7, 11) is -4.06. The number of aliphatic carboxylic acids is 1. The van der Waals surface area contributed by atoms with Gasteiger partial charge in [-0.05, 0) is 50.2 Å². The molecule has 2 aromatic rings. The van der Waals surface area contributed by atoms with Crippen LogP contribution < -0.4 is 4.74 Å². The molecule has 162 valence electrons. The fraction of sp³-hybridized carbons (Fsp3) is 0.273. The molecule has 0 bridgehead atoms. The van der Waals surface area contributed by atoms with Gasteiger partial charge in [-0.2, -0.15) is 0 Å². The van der Waals surface area contributed by atoms with Crippen LogP contribution in [0.15, 0.2) is 59.5 Å². The Hall–Kier alpha value is -2.93. The van der Waals surface area contributed by atoms with Crippen molar-refractivity contribution in [3.05, 3.63) is 60.2 Å². The topological polar surface area (TPSA) is 93.1 Å². The molecule has 2 aromatic carbocycles. The summed E-state index contributed by atoms with van der Waals surface area (Å²) in [6, 6.07) is 15.3. The summed E-state index contributed by atoms with van der Waals surface area (Å²) in [6.45, 7) is 2.83. The lowest BCUT2D eigenvalue weighted by Crippen LogP contribution is -2.59. The maximum absolute atomic E-state index is 13.1. The van der Waals surface area contributed by atoms with Crippen molar-refractivity contribution < 1.29 is 27.8 Å². The molecule has 0 radical (unpaired) electrons. The Balaban J connectivity index is 1.72. The van der Waals surface area contributed by atoms with E-state index in [1.54, 1.807) is 13.8 Å². The van der Waals surface area contributed by atoms with E-state index < -0.39 is 34.2 Å². The number of thiocarbonyl (C=S) groups is 1. The molecule has 0 amide bonds. The van der Waals surface area contributed by atoms with Crippen LogP contribution in [0.1, 0.15) is 19.4 Å². The van der Waals surface area contributed by atoms with E-state index >= 15 is 0 Å². The second kappa shape index (κ2) is 9.06. The molecule has 0 saturated carbocycles. The predicted molar refractivity (Wildman–Crippen MR) is 118 cm³/mol. The van der Waals surface area contributed by atoms with Gasteiger partial charge in [-0.25, -0.2) is 13.2 Å². The van der Waals surface area contributed by atoms with E-state index in [4.69, 9.17) is 21.7 Å². The SMILES string of the molecule is CC1(C)OC(C(=O)O)CN(S(=O)(=O)c2ccc(OCC#Cc3ccccc3)cc2)C1=S. The van der Waals surface area contributed by atoms with E-state index in [1.807, 2.05) is 30.3 Å². The lowest BCUT2D eigenvalue weighted by atomic mass is 10.1. The molecule has 31 heavy (non-hydrogen) atoms. The monoisotopic (exact) mass is 459 g/mol. The van der Waals surface area contributed by atoms with Crippen LogP contribution in [-0.4, -0.2) is 53.6 Å². The van der Waals surface area contributed by atoms with Gasteiger partial charge in [0.05, 0.1) is 11.4 Å². The number of carboxylic acid groups (broad SMARTS) is 1. The molecule has 1 unspecified atom stereocenters. The average Bonchev–Trinajstić information content (AvgIpc) is 2.74. The first kappa shape index (κ1) is 22.7. The van der Waals surface area contributed by atoms with E-state index in [0.717, 1.165) is 9.87 Å². The Kier molecular flexibility index (Phi) is 6.65. The zero-order chi connectivity index (χ0) is 22.6. The van der Waals surface area contributed by atoms with Crippen LogP contribution in [0, 0.1) is 11.8 Å². The van der Waals surface area contributed by atoms with Crippen molar-refractivity contribution in [2.45, 2.75) is 30.4 Å². The van der Waals surface area contributed by atoms with Gasteiger partial charge in [0.1, 0.15) is 22.9 Å². The molecule has 1 heterocycles. The van der Waals surface area contributed by atoms with Gasteiger partial charge in [-0.3, -0.25) is 4.31 Å². The normalized spacial score (nSPS) is 18.1. The summed E-state index contributed by atoms with van der Waals surface area (Å²) in [5.74, 6) is 5.06. The highest BCUT2D eigenvalue weighted by molar-refractivity contribution is 7.91. The van der Waals surface area contributed by atoms with E-state index in [-0.39, 0.29) is 16.5 Å². The Labute approximate surface area is 186 Å². The molecule has 9 heteroatoms. The van der Waals surface area contributed by atoms with Crippen molar-refractivity contribution in [2.75, 3.05) is 13.2 Å². The molecule has 1 aliphatic rings. The van der Waals surface area contributed by atoms with Crippen LogP contribution in [0.4, 0.5) is 0 Å². The van der Waals surface area contributed by atoms with E-state index in [0.29, 0.717) is 5.75 Å². The molecule has 1 fully saturated rings. The van der Waals surface area contributed by atoms with Crippen molar-refractivity contribution in [1.82, 2.24) is 4.31 Å². The lowest BCUT2D eigenvalue weighted by molar-refractivity contribution is -0.159. The number of carbonyl (C=O) groups is 1. The number of hydrogen-bond acceptors (Lipinski definition) is 6. The van der Waals surface area contributed by atoms with E-state index in [1.165, 1.54) is 24.3 Å². The summed E-state index contributed by atoms with van der Waals surface area (Å²) in [4.78, 5) is 11.4. The highest BCUT2D eigenvalue weighted by atomic mass is 32.2. The number of ether oxygens (including phenoxy) is 2. The lowest BCUT2D eigenvalue weighted by Gasteiger charge is -2.41. The molecular formula is C22H21NO6S2. The maximum atomic E-state index is 13.1. The zero-order valence-corrected chi connectivity index (χ0v) is 18.6. The third-order valence-corrected chi connectivity index (χ3v) is 7.12. The first-order valence-corrected chi connectivity index (χ1v) is 11.2. The van der Waals surface area contributed by atoms with Crippen LogP contribution in [0.2, 0.25) is 0 Å². The fourth-order valence-corrected chi connectivity index (χ4v) is 4.85.